The second-order valence-corrected chi connectivity index (χ2v) is 5.73. The summed E-state index contributed by atoms with van der Waals surface area (Å²) < 4.78 is 0.959. The standard InChI is InChI=1S/C15H14BrClN2O/c16-13-5-4-12(14(17)7-13)9-19-8-10-2-1-3-11(6-10)15(18)20/h1-7,19H,8-9H2,(H2,18,20). The van der Waals surface area contributed by atoms with E-state index in [1.807, 2.05) is 30.3 Å². The minimum Gasteiger partial charge on any atom is -0.366 e. The van der Waals surface area contributed by atoms with Crippen LogP contribution in [0.5, 0.6) is 0 Å². The van der Waals surface area contributed by atoms with Gasteiger partial charge < -0.3 is 11.1 Å². The van der Waals surface area contributed by atoms with Crippen LogP contribution in [0.3, 0.4) is 0 Å². The third-order valence-corrected chi connectivity index (χ3v) is 3.72. The van der Waals surface area contributed by atoms with Crippen molar-refractivity contribution in [3.8, 4) is 0 Å². The van der Waals surface area contributed by atoms with Gasteiger partial charge in [-0.1, -0.05) is 45.7 Å². The summed E-state index contributed by atoms with van der Waals surface area (Å²) in [5.74, 6) is -0.414. The highest BCUT2D eigenvalue weighted by atomic mass is 79.9. The van der Waals surface area contributed by atoms with Crippen LogP contribution in [0.15, 0.2) is 46.9 Å². The number of benzene rings is 2. The van der Waals surface area contributed by atoms with Crippen molar-refractivity contribution in [2.45, 2.75) is 13.1 Å². The summed E-state index contributed by atoms with van der Waals surface area (Å²) in [6.07, 6.45) is 0. The van der Waals surface area contributed by atoms with E-state index in [0.29, 0.717) is 18.7 Å². The Hall–Kier alpha value is -1.36. The van der Waals surface area contributed by atoms with Gasteiger partial charge in [-0.2, -0.15) is 0 Å². The van der Waals surface area contributed by atoms with E-state index < -0.39 is 5.91 Å². The fourth-order valence-electron chi connectivity index (χ4n) is 1.84. The predicted octanol–water partition coefficient (Wildman–Crippen LogP) is 3.49. The van der Waals surface area contributed by atoms with Crippen molar-refractivity contribution >= 4 is 33.4 Å². The maximum absolute atomic E-state index is 11.1. The monoisotopic (exact) mass is 352 g/mol. The zero-order chi connectivity index (χ0) is 14.5. The molecule has 3 nitrogen and oxygen atoms in total. The van der Waals surface area contributed by atoms with Gasteiger partial charge in [-0.25, -0.2) is 0 Å². The van der Waals surface area contributed by atoms with Crippen molar-refractivity contribution < 1.29 is 4.79 Å². The average molecular weight is 354 g/mol. The highest BCUT2D eigenvalue weighted by Crippen LogP contribution is 2.21. The highest BCUT2D eigenvalue weighted by Gasteiger charge is 2.03. The minimum atomic E-state index is -0.414. The molecule has 20 heavy (non-hydrogen) atoms. The van der Waals surface area contributed by atoms with E-state index in [1.165, 1.54) is 0 Å². The van der Waals surface area contributed by atoms with E-state index >= 15 is 0 Å². The van der Waals surface area contributed by atoms with E-state index in [2.05, 4.69) is 21.2 Å². The molecule has 0 unspecified atom stereocenters. The first kappa shape index (κ1) is 15.0. The van der Waals surface area contributed by atoms with E-state index in [4.69, 9.17) is 17.3 Å². The van der Waals surface area contributed by atoms with Crippen molar-refractivity contribution in [1.29, 1.82) is 0 Å². The van der Waals surface area contributed by atoms with Crippen molar-refractivity contribution in [3.05, 3.63) is 68.7 Å². The molecule has 0 bridgehead atoms. The second-order valence-electron chi connectivity index (χ2n) is 4.40. The maximum Gasteiger partial charge on any atom is 0.248 e. The Bertz CT molecular complexity index is 631. The van der Waals surface area contributed by atoms with Crippen LogP contribution >= 0.6 is 27.5 Å². The largest absolute Gasteiger partial charge is 0.366 e. The van der Waals surface area contributed by atoms with Crippen molar-refractivity contribution in [3.63, 3.8) is 0 Å². The van der Waals surface area contributed by atoms with Gasteiger partial charge in [0.1, 0.15) is 0 Å². The first-order valence-electron chi connectivity index (χ1n) is 6.09. The van der Waals surface area contributed by atoms with Gasteiger partial charge in [0.25, 0.3) is 0 Å². The Kier molecular flexibility index (Phi) is 5.17. The van der Waals surface area contributed by atoms with Crippen LogP contribution in [0, 0.1) is 0 Å². The molecule has 104 valence electrons. The number of nitrogens with two attached hydrogens (primary N) is 1. The Morgan fingerprint density at radius 1 is 1.20 bits per heavy atom. The molecule has 0 heterocycles. The first-order valence-corrected chi connectivity index (χ1v) is 7.27. The quantitative estimate of drug-likeness (QED) is 0.864. The molecule has 0 aliphatic rings. The number of hydrogen-bond donors (Lipinski definition) is 2. The lowest BCUT2D eigenvalue weighted by molar-refractivity contribution is 0.1000. The number of hydrogen-bond acceptors (Lipinski definition) is 2. The molecule has 0 saturated heterocycles. The van der Waals surface area contributed by atoms with Crippen molar-refractivity contribution in [2.75, 3.05) is 0 Å². The van der Waals surface area contributed by atoms with Crippen LogP contribution in [0.25, 0.3) is 0 Å². The molecule has 0 spiro atoms. The molecular formula is C15H14BrClN2O. The van der Waals surface area contributed by atoms with Crippen LogP contribution in [0.4, 0.5) is 0 Å². The topological polar surface area (TPSA) is 55.1 Å². The molecular weight excluding hydrogens is 340 g/mol. The lowest BCUT2D eigenvalue weighted by Gasteiger charge is -2.08. The molecule has 3 N–H and O–H groups in total. The molecule has 0 atom stereocenters. The van der Waals surface area contributed by atoms with E-state index in [0.717, 1.165) is 20.6 Å². The molecule has 0 aliphatic carbocycles. The molecule has 0 radical (unpaired) electrons. The fourth-order valence-corrected chi connectivity index (χ4v) is 2.58. The molecule has 0 aliphatic heterocycles. The zero-order valence-corrected chi connectivity index (χ0v) is 13.0. The maximum atomic E-state index is 11.1. The lowest BCUT2D eigenvalue weighted by atomic mass is 10.1. The minimum absolute atomic E-state index is 0.414. The summed E-state index contributed by atoms with van der Waals surface area (Å²) in [7, 11) is 0. The molecule has 2 aromatic rings. The smallest absolute Gasteiger partial charge is 0.248 e. The number of halogens is 2. The van der Waals surface area contributed by atoms with Crippen LogP contribution in [-0.2, 0) is 13.1 Å². The van der Waals surface area contributed by atoms with Crippen molar-refractivity contribution in [1.82, 2.24) is 5.32 Å². The molecule has 5 heteroatoms. The third-order valence-electron chi connectivity index (χ3n) is 2.87. The lowest BCUT2D eigenvalue weighted by Crippen LogP contribution is -2.15. The molecule has 0 fully saturated rings. The van der Waals surface area contributed by atoms with Crippen LogP contribution in [0.1, 0.15) is 21.5 Å². The average Bonchev–Trinajstić information content (AvgIpc) is 2.41. The van der Waals surface area contributed by atoms with Crippen LogP contribution in [-0.4, -0.2) is 5.91 Å². The number of rotatable bonds is 5. The summed E-state index contributed by atoms with van der Waals surface area (Å²) in [5.41, 5.74) is 7.81. The SMILES string of the molecule is NC(=O)c1cccc(CNCc2ccc(Br)cc2Cl)c1. The summed E-state index contributed by atoms with van der Waals surface area (Å²) in [5, 5.41) is 4.01. The van der Waals surface area contributed by atoms with Gasteiger partial charge >= 0.3 is 0 Å². The second kappa shape index (κ2) is 6.88. The molecule has 2 rings (SSSR count). The molecule has 0 saturated carbocycles. The first-order chi connectivity index (χ1) is 9.56. The van der Waals surface area contributed by atoms with Gasteiger partial charge in [-0.15, -0.1) is 0 Å². The number of carbonyl (C=O) groups excluding carboxylic acids is 1. The zero-order valence-electron chi connectivity index (χ0n) is 10.7. The number of primary amides is 1. The van der Waals surface area contributed by atoms with E-state index in [1.54, 1.807) is 12.1 Å². The Labute approximate surface area is 131 Å². The van der Waals surface area contributed by atoms with Gasteiger partial charge in [0.2, 0.25) is 5.91 Å². The summed E-state index contributed by atoms with van der Waals surface area (Å²) in [6, 6.07) is 13.1. The third kappa shape index (κ3) is 4.07. The number of amides is 1. The van der Waals surface area contributed by atoms with Gasteiger partial charge in [0.05, 0.1) is 0 Å². The van der Waals surface area contributed by atoms with Gasteiger partial charge in [-0.3, -0.25) is 4.79 Å². The number of nitrogens with one attached hydrogen (secondary N) is 1. The van der Waals surface area contributed by atoms with Crippen LogP contribution in [0.2, 0.25) is 5.02 Å². The summed E-state index contributed by atoms with van der Waals surface area (Å²) in [6.45, 7) is 1.31. The van der Waals surface area contributed by atoms with E-state index in [-0.39, 0.29) is 0 Å². The Morgan fingerprint density at radius 3 is 2.70 bits per heavy atom. The molecule has 2 aromatic carbocycles. The number of carbonyl (C=O) groups is 1. The fraction of sp³-hybridized carbons (Fsp3) is 0.133. The predicted molar refractivity (Wildman–Crippen MR) is 84.7 cm³/mol. The normalized spacial score (nSPS) is 10.5. The Balaban J connectivity index is 1.96. The van der Waals surface area contributed by atoms with Gasteiger partial charge in [0, 0.05) is 28.1 Å². The molecule has 1 amide bonds. The summed E-state index contributed by atoms with van der Waals surface area (Å²) >= 11 is 9.52. The highest BCUT2D eigenvalue weighted by molar-refractivity contribution is 9.10. The Morgan fingerprint density at radius 2 is 2.00 bits per heavy atom. The van der Waals surface area contributed by atoms with Crippen molar-refractivity contribution in [2.24, 2.45) is 5.73 Å². The van der Waals surface area contributed by atoms with E-state index in [9.17, 15) is 4.79 Å². The van der Waals surface area contributed by atoms with Gasteiger partial charge in [-0.05, 0) is 35.4 Å². The van der Waals surface area contributed by atoms with Crippen LogP contribution < -0.4 is 11.1 Å². The summed E-state index contributed by atoms with van der Waals surface area (Å²) in [4.78, 5) is 11.1. The molecule has 0 aromatic heterocycles. The van der Waals surface area contributed by atoms with Gasteiger partial charge in [0.15, 0.2) is 0 Å².